The van der Waals surface area contributed by atoms with Gasteiger partial charge in [0.1, 0.15) is 10.6 Å². The lowest BCUT2D eigenvalue weighted by atomic mass is 10.3. The van der Waals surface area contributed by atoms with Gasteiger partial charge in [-0.2, -0.15) is 18.2 Å². The van der Waals surface area contributed by atoms with Crippen molar-refractivity contribution in [3.8, 4) is 0 Å². The summed E-state index contributed by atoms with van der Waals surface area (Å²) in [7, 11) is 0. The average Bonchev–Trinajstić information content (AvgIpc) is 2.63. The Labute approximate surface area is 98.7 Å². The topological polar surface area (TPSA) is 63.8 Å². The Morgan fingerprint density at radius 2 is 2.12 bits per heavy atom. The number of rotatable bonds is 3. The maximum absolute atomic E-state index is 12.0. The van der Waals surface area contributed by atoms with E-state index in [1.165, 1.54) is 11.3 Å². The molecule has 2 rings (SSSR count). The van der Waals surface area contributed by atoms with Gasteiger partial charge in [0.25, 0.3) is 0 Å². The number of nitrogens with one attached hydrogen (secondary N) is 1. The summed E-state index contributed by atoms with van der Waals surface area (Å²) in [5, 5.41) is 5.10. The summed E-state index contributed by atoms with van der Waals surface area (Å²) in [6.45, 7) is -0.231. The zero-order chi connectivity index (χ0) is 12.5. The van der Waals surface area contributed by atoms with Crippen molar-refractivity contribution < 1.29 is 13.2 Å². The zero-order valence-corrected chi connectivity index (χ0v) is 9.40. The molecule has 0 unspecified atom stereocenters. The average molecular weight is 262 g/mol. The Bertz CT molecular complexity index is 522. The first-order valence-corrected chi connectivity index (χ1v) is 5.65. The van der Waals surface area contributed by atoms with Gasteiger partial charge in [0.15, 0.2) is 0 Å². The summed E-state index contributed by atoms with van der Waals surface area (Å²) in [6, 6.07) is 1.75. The van der Waals surface area contributed by atoms with Gasteiger partial charge in [-0.3, -0.25) is 0 Å². The van der Waals surface area contributed by atoms with Gasteiger partial charge in [-0.25, -0.2) is 4.98 Å². The molecule has 0 saturated heterocycles. The molecule has 2 heterocycles. The minimum atomic E-state index is -4.18. The van der Waals surface area contributed by atoms with Crippen molar-refractivity contribution in [2.75, 3.05) is 17.6 Å². The number of anilines is 2. The highest BCUT2D eigenvalue weighted by Gasteiger charge is 2.26. The van der Waals surface area contributed by atoms with Gasteiger partial charge in [-0.05, 0) is 11.4 Å². The summed E-state index contributed by atoms with van der Waals surface area (Å²) in [4.78, 5) is 8.52. The highest BCUT2D eigenvalue weighted by Crippen LogP contribution is 2.26. The maximum Gasteiger partial charge on any atom is 0.390 e. The molecule has 0 aromatic carbocycles. The summed E-state index contributed by atoms with van der Waals surface area (Å²) < 4.78 is 36.0. The van der Waals surface area contributed by atoms with Crippen molar-refractivity contribution in [3.05, 3.63) is 11.4 Å². The van der Waals surface area contributed by atoms with E-state index in [4.69, 9.17) is 5.73 Å². The molecule has 0 radical (unpaired) electrons. The van der Waals surface area contributed by atoms with E-state index in [0.717, 1.165) is 0 Å². The molecule has 0 aliphatic carbocycles. The number of nitrogens with zero attached hydrogens (tertiary/aromatic N) is 2. The Morgan fingerprint density at radius 1 is 1.35 bits per heavy atom. The molecule has 0 spiro atoms. The normalized spacial score (nSPS) is 11.9. The van der Waals surface area contributed by atoms with Crippen LogP contribution in [0.3, 0.4) is 0 Å². The Kier molecular flexibility index (Phi) is 3.05. The van der Waals surface area contributed by atoms with Crippen molar-refractivity contribution in [2.24, 2.45) is 0 Å². The van der Waals surface area contributed by atoms with Crippen LogP contribution in [0.2, 0.25) is 0 Å². The smallest absolute Gasteiger partial charge is 0.369 e. The number of alkyl halides is 3. The standard InChI is InChI=1S/C9H9F3N4S/c10-9(11,12)2-3-14-6-5-1-4-17-7(5)16-8(13)15-6/h1,4H,2-3H2,(H3,13,14,15,16). The largest absolute Gasteiger partial charge is 0.390 e. The Morgan fingerprint density at radius 3 is 2.82 bits per heavy atom. The minimum Gasteiger partial charge on any atom is -0.369 e. The summed E-state index contributed by atoms with van der Waals surface area (Å²) in [5.74, 6) is 0.396. The van der Waals surface area contributed by atoms with Crippen LogP contribution in [0.5, 0.6) is 0 Å². The molecule has 0 saturated carbocycles. The van der Waals surface area contributed by atoms with E-state index < -0.39 is 12.6 Å². The van der Waals surface area contributed by atoms with Gasteiger partial charge in [0.05, 0.1) is 11.8 Å². The second-order valence-electron chi connectivity index (χ2n) is 3.36. The molecule has 0 bridgehead atoms. The lowest BCUT2D eigenvalue weighted by Gasteiger charge is -2.09. The molecule has 3 N–H and O–H groups in total. The van der Waals surface area contributed by atoms with Gasteiger partial charge in [-0.1, -0.05) is 0 Å². The number of fused-ring (bicyclic) bond motifs is 1. The molecule has 2 aromatic rings. The van der Waals surface area contributed by atoms with E-state index in [-0.39, 0.29) is 12.5 Å². The SMILES string of the molecule is Nc1nc(NCCC(F)(F)F)c2ccsc2n1. The van der Waals surface area contributed by atoms with E-state index in [9.17, 15) is 13.2 Å². The summed E-state index contributed by atoms with van der Waals surface area (Å²) in [6.07, 6.45) is -5.10. The van der Waals surface area contributed by atoms with Crippen molar-refractivity contribution in [1.82, 2.24) is 9.97 Å². The molecule has 17 heavy (non-hydrogen) atoms. The van der Waals surface area contributed by atoms with E-state index in [2.05, 4.69) is 15.3 Å². The molecular formula is C9H9F3N4S. The quantitative estimate of drug-likeness (QED) is 0.892. The molecule has 0 atom stereocenters. The van der Waals surface area contributed by atoms with Crippen LogP contribution in [0, 0.1) is 0 Å². The van der Waals surface area contributed by atoms with Gasteiger partial charge >= 0.3 is 6.18 Å². The summed E-state index contributed by atoms with van der Waals surface area (Å²) >= 11 is 1.36. The first-order chi connectivity index (χ1) is 7.96. The number of aromatic nitrogens is 2. The predicted molar refractivity (Wildman–Crippen MR) is 61.0 cm³/mol. The molecule has 0 amide bonds. The minimum absolute atomic E-state index is 0.0504. The van der Waals surface area contributed by atoms with Crippen LogP contribution in [0.4, 0.5) is 24.9 Å². The van der Waals surface area contributed by atoms with Crippen molar-refractivity contribution >= 4 is 33.3 Å². The van der Waals surface area contributed by atoms with E-state index in [1.54, 1.807) is 11.4 Å². The third-order valence-electron chi connectivity index (χ3n) is 2.04. The van der Waals surface area contributed by atoms with Crippen molar-refractivity contribution in [1.29, 1.82) is 0 Å². The molecule has 0 fully saturated rings. The number of hydrogen-bond donors (Lipinski definition) is 2. The lowest BCUT2D eigenvalue weighted by Crippen LogP contribution is -2.15. The monoisotopic (exact) mass is 262 g/mol. The van der Waals surface area contributed by atoms with Crippen molar-refractivity contribution in [3.63, 3.8) is 0 Å². The first kappa shape index (κ1) is 11.9. The zero-order valence-electron chi connectivity index (χ0n) is 8.58. The molecular weight excluding hydrogens is 253 g/mol. The number of nitrogens with two attached hydrogens (primary N) is 1. The van der Waals surface area contributed by atoms with E-state index in [0.29, 0.717) is 16.0 Å². The fourth-order valence-electron chi connectivity index (χ4n) is 1.33. The second kappa shape index (κ2) is 4.36. The first-order valence-electron chi connectivity index (χ1n) is 4.77. The Hall–Kier alpha value is -1.57. The van der Waals surface area contributed by atoms with Gasteiger partial charge in [-0.15, -0.1) is 11.3 Å². The van der Waals surface area contributed by atoms with Gasteiger partial charge in [0.2, 0.25) is 5.95 Å². The predicted octanol–water partition coefficient (Wildman–Crippen LogP) is 2.64. The highest BCUT2D eigenvalue weighted by molar-refractivity contribution is 7.16. The molecule has 8 heteroatoms. The molecule has 92 valence electrons. The molecule has 0 aliphatic heterocycles. The van der Waals surface area contributed by atoms with Crippen LogP contribution in [-0.4, -0.2) is 22.7 Å². The fourth-order valence-corrected chi connectivity index (χ4v) is 2.10. The Balaban J connectivity index is 2.15. The van der Waals surface area contributed by atoms with E-state index in [1.807, 2.05) is 0 Å². The van der Waals surface area contributed by atoms with Crippen LogP contribution in [0.15, 0.2) is 11.4 Å². The molecule has 4 nitrogen and oxygen atoms in total. The molecule has 2 aromatic heterocycles. The van der Waals surface area contributed by atoms with Crippen molar-refractivity contribution in [2.45, 2.75) is 12.6 Å². The number of hydrogen-bond acceptors (Lipinski definition) is 5. The third-order valence-corrected chi connectivity index (χ3v) is 2.85. The van der Waals surface area contributed by atoms with Crippen LogP contribution < -0.4 is 11.1 Å². The fraction of sp³-hybridized carbons (Fsp3) is 0.333. The maximum atomic E-state index is 12.0. The molecule has 0 aliphatic rings. The number of halogens is 3. The van der Waals surface area contributed by atoms with Crippen LogP contribution in [0.25, 0.3) is 10.2 Å². The van der Waals surface area contributed by atoms with Crippen LogP contribution >= 0.6 is 11.3 Å². The van der Waals surface area contributed by atoms with E-state index >= 15 is 0 Å². The highest BCUT2D eigenvalue weighted by atomic mass is 32.1. The second-order valence-corrected chi connectivity index (χ2v) is 4.26. The van der Waals surface area contributed by atoms with Crippen LogP contribution in [0.1, 0.15) is 6.42 Å². The van der Waals surface area contributed by atoms with Crippen LogP contribution in [-0.2, 0) is 0 Å². The summed E-state index contributed by atoms with van der Waals surface area (Å²) in [5.41, 5.74) is 5.46. The van der Waals surface area contributed by atoms with Gasteiger partial charge < -0.3 is 11.1 Å². The van der Waals surface area contributed by atoms with Gasteiger partial charge in [0, 0.05) is 6.54 Å². The lowest BCUT2D eigenvalue weighted by molar-refractivity contribution is -0.131. The number of nitrogen functional groups attached to an aromatic ring is 1. The third kappa shape index (κ3) is 2.96. The number of thiophene rings is 1.